The van der Waals surface area contributed by atoms with Crippen LogP contribution in [0.4, 0.5) is 0 Å². The Kier molecular flexibility index (Phi) is 19.7. The molecule has 0 aromatic heterocycles. The van der Waals surface area contributed by atoms with Crippen molar-refractivity contribution in [3.05, 3.63) is 0 Å². The fraction of sp³-hybridized carbons (Fsp3) is 0.696. The minimum Gasteiger partial charge on any atom is -0.365 e. The van der Waals surface area contributed by atoms with Crippen LogP contribution in [0.3, 0.4) is 0 Å². The molecule has 1 rings (SSSR count). The third-order valence-corrected chi connectivity index (χ3v) is 5.88. The van der Waals surface area contributed by atoms with E-state index in [1.807, 2.05) is 0 Å². The van der Waals surface area contributed by atoms with E-state index in [0.29, 0.717) is 0 Å². The topological polar surface area (TPSA) is 354 Å². The summed E-state index contributed by atoms with van der Waals surface area (Å²) in [5.41, 5.74) is 16.7. The van der Waals surface area contributed by atoms with Gasteiger partial charge >= 0.3 is 0 Å². The standard InChI is InChI=1S/C23H42N10O8.H4N2/c1-12-18(36)31-14(5-8-25)20(38)32-15(6-9-26)21(39)33-23(41)22(40)27-10-2-3-16(34)30-13(4-7-24)19(37)28-11-17(35)29-12;1-2/h12-15,23,41H,2-11,24-26H2,1H3,(H,27,40)(H,28,37)(H,29,35)(H,30,34)(H,31,36)(H,32,38)(H,33,39);1-2H2. The zero-order chi connectivity index (χ0) is 32.9. The van der Waals surface area contributed by atoms with Crippen LogP contribution in [-0.2, 0) is 33.6 Å². The van der Waals surface area contributed by atoms with Gasteiger partial charge in [-0.05, 0) is 52.2 Å². The lowest BCUT2D eigenvalue weighted by Gasteiger charge is -2.24. The number of aliphatic hydroxyl groups is 1. The summed E-state index contributed by atoms with van der Waals surface area (Å²) in [4.78, 5) is 87.6. The molecule has 0 aromatic rings. The number of aliphatic hydroxyl groups excluding tert-OH is 1. The number of nitrogens with two attached hydrogens (primary N) is 5. The Bertz CT molecular complexity index is 953. The van der Waals surface area contributed by atoms with Crippen molar-refractivity contribution in [3.63, 3.8) is 0 Å². The second-order valence-electron chi connectivity index (χ2n) is 9.29. The van der Waals surface area contributed by atoms with Crippen LogP contribution in [0.15, 0.2) is 0 Å². The molecule has 0 aliphatic carbocycles. The molecule has 1 saturated heterocycles. The molecule has 0 bridgehead atoms. The number of nitrogens with one attached hydrogen (secondary N) is 7. The zero-order valence-electron chi connectivity index (χ0n) is 24.1. The quantitative estimate of drug-likeness (QED) is 0.0972. The highest BCUT2D eigenvalue weighted by atomic mass is 16.3. The van der Waals surface area contributed by atoms with Crippen LogP contribution in [0, 0.1) is 0 Å². The second-order valence-corrected chi connectivity index (χ2v) is 9.29. The van der Waals surface area contributed by atoms with Gasteiger partial charge in [-0.2, -0.15) is 0 Å². The number of amides is 7. The van der Waals surface area contributed by atoms with E-state index in [4.69, 9.17) is 17.2 Å². The van der Waals surface area contributed by atoms with Crippen molar-refractivity contribution in [1.82, 2.24) is 37.2 Å². The van der Waals surface area contributed by atoms with Crippen molar-refractivity contribution in [2.75, 3.05) is 32.7 Å². The number of hydrazine groups is 1. The van der Waals surface area contributed by atoms with Crippen LogP contribution in [-0.4, -0.2) is 110 Å². The van der Waals surface area contributed by atoms with Crippen molar-refractivity contribution < 1.29 is 38.7 Å². The van der Waals surface area contributed by atoms with E-state index in [0.717, 1.165) is 0 Å². The van der Waals surface area contributed by atoms with Crippen molar-refractivity contribution in [2.24, 2.45) is 28.9 Å². The predicted octanol–water partition coefficient (Wildman–Crippen LogP) is -7.73. The average Bonchev–Trinajstić information content (AvgIpc) is 2.97. The maximum Gasteiger partial charge on any atom is 0.269 e. The molecule has 43 heavy (non-hydrogen) atoms. The predicted molar refractivity (Wildman–Crippen MR) is 152 cm³/mol. The Morgan fingerprint density at radius 1 is 0.628 bits per heavy atom. The number of rotatable bonds is 6. The van der Waals surface area contributed by atoms with Gasteiger partial charge < -0.3 is 59.5 Å². The first-order valence-electron chi connectivity index (χ1n) is 13.6. The van der Waals surface area contributed by atoms with Gasteiger partial charge in [-0.15, -0.1) is 0 Å². The first-order valence-corrected chi connectivity index (χ1v) is 13.6. The summed E-state index contributed by atoms with van der Waals surface area (Å²) in [6, 6.07) is -4.63. The number of carbonyl (C=O) groups excluding carboxylic acids is 7. The fourth-order valence-corrected chi connectivity index (χ4v) is 3.65. The van der Waals surface area contributed by atoms with E-state index in [1.54, 1.807) is 0 Å². The monoisotopic (exact) mass is 618 g/mol. The molecule has 0 spiro atoms. The summed E-state index contributed by atoms with van der Waals surface area (Å²) in [7, 11) is 0. The molecule has 1 fully saturated rings. The fourth-order valence-electron chi connectivity index (χ4n) is 3.65. The lowest BCUT2D eigenvalue weighted by Crippen LogP contribution is -2.58. The molecule has 1 heterocycles. The first-order chi connectivity index (χ1) is 20.4. The Labute approximate surface area is 248 Å². The molecule has 0 aromatic carbocycles. The highest BCUT2D eigenvalue weighted by Gasteiger charge is 2.30. The molecule has 0 radical (unpaired) electrons. The molecule has 246 valence electrons. The molecule has 0 saturated carbocycles. The molecule has 5 unspecified atom stereocenters. The van der Waals surface area contributed by atoms with Gasteiger partial charge in [-0.25, -0.2) is 0 Å². The van der Waals surface area contributed by atoms with E-state index in [9.17, 15) is 38.7 Å². The number of hydrogen-bond acceptors (Lipinski definition) is 13. The van der Waals surface area contributed by atoms with Crippen molar-refractivity contribution in [2.45, 2.75) is 69.4 Å². The number of hydrogen-bond donors (Lipinski definition) is 13. The van der Waals surface area contributed by atoms with Crippen LogP contribution in [0.1, 0.15) is 39.0 Å². The maximum absolute atomic E-state index is 12.9. The van der Waals surface area contributed by atoms with Crippen molar-refractivity contribution >= 4 is 41.4 Å². The van der Waals surface area contributed by atoms with Crippen LogP contribution >= 0.6 is 0 Å². The van der Waals surface area contributed by atoms with Gasteiger partial charge in [-0.3, -0.25) is 45.2 Å². The number of carbonyl (C=O) groups is 7. The van der Waals surface area contributed by atoms with Gasteiger partial charge in [0.25, 0.3) is 5.91 Å². The van der Waals surface area contributed by atoms with Crippen LogP contribution < -0.4 is 66.1 Å². The molecule has 1 aliphatic heterocycles. The second kappa shape index (κ2) is 21.7. The van der Waals surface area contributed by atoms with Crippen molar-refractivity contribution in [3.8, 4) is 0 Å². The molecular weight excluding hydrogens is 572 g/mol. The van der Waals surface area contributed by atoms with E-state index < -0.39 is 78.3 Å². The molecule has 5 atom stereocenters. The normalized spacial score (nSPS) is 25.7. The van der Waals surface area contributed by atoms with Crippen LogP contribution in [0.5, 0.6) is 0 Å². The highest BCUT2D eigenvalue weighted by Crippen LogP contribution is 2.00. The summed E-state index contributed by atoms with van der Waals surface area (Å²) in [6.07, 6.45) is -1.95. The van der Waals surface area contributed by atoms with Gasteiger partial charge in [0.05, 0.1) is 6.54 Å². The van der Waals surface area contributed by atoms with E-state index in [1.165, 1.54) is 6.92 Å². The Balaban J connectivity index is 0.00000862. The minimum absolute atomic E-state index is 0.0156. The summed E-state index contributed by atoms with van der Waals surface area (Å²) < 4.78 is 0. The van der Waals surface area contributed by atoms with E-state index >= 15 is 0 Å². The molecular formula is C23H46N12O8. The molecule has 18 N–H and O–H groups in total. The SMILES string of the molecule is CC1NC(=O)CNC(=O)C(CCN)NC(=O)CCCNC(=O)C(O)NC(=O)C(CCN)NC(=O)C(CCN)NC1=O.NN. The maximum atomic E-state index is 12.9. The van der Waals surface area contributed by atoms with E-state index in [-0.39, 0.29) is 58.3 Å². The van der Waals surface area contributed by atoms with Gasteiger partial charge in [-0.1, -0.05) is 0 Å². The smallest absolute Gasteiger partial charge is 0.269 e. The Morgan fingerprint density at radius 2 is 1.12 bits per heavy atom. The first kappa shape index (κ1) is 39.0. The van der Waals surface area contributed by atoms with Gasteiger partial charge in [0.1, 0.15) is 24.2 Å². The van der Waals surface area contributed by atoms with Gasteiger partial charge in [0.2, 0.25) is 41.7 Å². The Hall–Kier alpha value is -3.95. The largest absolute Gasteiger partial charge is 0.365 e. The third-order valence-electron chi connectivity index (χ3n) is 5.88. The summed E-state index contributed by atoms with van der Waals surface area (Å²) in [6.45, 7) is 0.799. The van der Waals surface area contributed by atoms with Crippen LogP contribution in [0.25, 0.3) is 0 Å². The van der Waals surface area contributed by atoms with E-state index in [2.05, 4.69) is 48.9 Å². The minimum atomic E-state index is -1.98. The average molecular weight is 619 g/mol. The van der Waals surface area contributed by atoms with Crippen LogP contribution in [0.2, 0.25) is 0 Å². The lowest BCUT2D eigenvalue weighted by atomic mass is 10.1. The van der Waals surface area contributed by atoms with Gasteiger partial charge in [0.15, 0.2) is 0 Å². The van der Waals surface area contributed by atoms with Gasteiger partial charge in [0, 0.05) is 13.0 Å². The highest BCUT2D eigenvalue weighted by molar-refractivity contribution is 5.96. The third kappa shape index (κ3) is 15.2. The lowest BCUT2D eigenvalue weighted by molar-refractivity contribution is -0.139. The van der Waals surface area contributed by atoms with Crippen molar-refractivity contribution in [1.29, 1.82) is 0 Å². The zero-order valence-corrected chi connectivity index (χ0v) is 24.1. The molecule has 20 heteroatoms. The molecule has 20 nitrogen and oxygen atoms in total. The Morgan fingerprint density at radius 3 is 1.65 bits per heavy atom. The molecule has 1 aliphatic rings. The summed E-state index contributed by atoms with van der Waals surface area (Å²) >= 11 is 0. The molecule has 7 amide bonds. The summed E-state index contributed by atoms with van der Waals surface area (Å²) in [5, 5.41) is 26.7. The summed E-state index contributed by atoms with van der Waals surface area (Å²) in [5.74, 6) is 2.67.